The summed E-state index contributed by atoms with van der Waals surface area (Å²) in [6.45, 7) is 3.52. The van der Waals surface area contributed by atoms with Gasteiger partial charge < -0.3 is 4.74 Å². The number of non-ortho nitro benzene ring substituents is 1. The molecule has 1 aliphatic heterocycles. The van der Waals surface area contributed by atoms with E-state index in [-0.39, 0.29) is 23.4 Å². The van der Waals surface area contributed by atoms with E-state index in [0.29, 0.717) is 16.9 Å². The monoisotopic (exact) mass is 378 g/mol. The maximum Gasteiger partial charge on any atom is 0.340 e. The zero-order chi connectivity index (χ0) is 20.3. The highest BCUT2D eigenvalue weighted by Gasteiger charge is 2.38. The average molecular weight is 378 g/mol. The van der Waals surface area contributed by atoms with Gasteiger partial charge in [-0.3, -0.25) is 19.8 Å². The second kappa shape index (κ2) is 7.87. The lowest BCUT2D eigenvalue weighted by Gasteiger charge is -2.17. The molecule has 28 heavy (non-hydrogen) atoms. The van der Waals surface area contributed by atoms with Gasteiger partial charge in [-0.25, -0.2) is 4.79 Å². The molecule has 142 valence electrons. The summed E-state index contributed by atoms with van der Waals surface area (Å²) in [5, 5.41) is 11.0. The second-order valence-corrected chi connectivity index (χ2v) is 6.07. The van der Waals surface area contributed by atoms with E-state index in [1.54, 1.807) is 44.2 Å². The number of nitro groups is 1. The third-order valence-corrected chi connectivity index (χ3v) is 4.29. The Labute approximate surface area is 161 Å². The number of nitro benzene ring substituents is 1. The van der Waals surface area contributed by atoms with Gasteiger partial charge in [-0.1, -0.05) is 30.3 Å². The largest absolute Gasteiger partial charge is 0.462 e. The summed E-state index contributed by atoms with van der Waals surface area (Å²) in [6.07, 6.45) is 1.48. The van der Waals surface area contributed by atoms with Crippen molar-refractivity contribution in [1.29, 1.82) is 0 Å². The molecular weight excluding hydrogens is 360 g/mol. The molecule has 0 N–H and O–H groups in total. The van der Waals surface area contributed by atoms with Crippen LogP contribution < -0.4 is 4.90 Å². The number of anilines is 1. The molecule has 1 aliphatic rings. The Morgan fingerprint density at radius 3 is 2.54 bits per heavy atom. The van der Waals surface area contributed by atoms with Crippen molar-refractivity contribution in [3.05, 3.63) is 87.1 Å². The van der Waals surface area contributed by atoms with Crippen LogP contribution in [-0.2, 0) is 14.3 Å². The van der Waals surface area contributed by atoms with Crippen molar-refractivity contribution in [3.63, 3.8) is 0 Å². The third-order valence-electron chi connectivity index (χ3n) is 4.29. The van der Waals surface area contributed by atoms with Gasteiger partial charge in [0.05, 0.1) is 22.7 Å². The van der Waals surface area contributed by atoms with Gasteiger partial charge >= 0.3 is 5.97 Å². The van der Waals surface area contributed by atoms with Gasteiger partial charge in [-0.2, -0.15) is 0 Å². The highest BCUT2D eigenvalue weighted by Crippen LogP contribution is 2.35. The molecule has 0 aromatic heterocycles. The molecule has 0 unspecified atom stereocenters. The Morgan fingerprint density at radius 2 is 1.89 bits per heavy atom. The van der Waals surface area contributed by atoms with Crippen molar-refractivity contribution >= 4 is 29.3 Å². The lowest BCUT2D eigenvalue weighted by atomic mass is 10.0. The zero-order valence-corrected chi connectivity index (χ0v) is 15.4. The molecule has 1 heterocycles. The molecule has 3 rings (SSSR count). The fourth-order valence-corrected chi connectivity index (χ4v) is 3.06. The lowest BCUT2D eigenvalue weighted by Crippen LogP contribution is -2.24. The molecule has 7 heteroatoms. The van der Waals surface area contributed by atoms with E-state index < -0.39 is 16.8 Å². The topological polar surface area (TPSA) is 89.8 Å². The number of para-hydroxylation sites is 1. The van der Waals surface area contributed by atoms with E-state index in [1.165, 1.54) is 29.2 Å². The summed E-state index contributed by atoms with van der Waals surface area (Å²) >= 11 is 0. The van der Waals surface area contributed by atoms with Gasteiger partial charge in [0.1, 0.15) is 0 Å². The molecule has 0 saturated carbocycles. The fraction of sp³-hybridized carbons (Fsp3) is 0.143. The van der Waals surface area contributed by atoms with Crippen molar-refractivity contribution in [2.24, 2.45) is 0 Å². The number of amides is 1. The van der Waals surface area contributed by atoms with Crippen LogP contribution in [0, 0.1) is 10.1 Å². The molecule has 0 saturated heterocycles. The predicted octanol–water partition coefficient (Wildman–Crippen LogP) is 3.86. The molecule has 1 amide bonds. The molecule has 0 atom stereocenters. The van der Waals surface area contributed by atoms with Crippen LogP contribution in [0.4, 0.5) is 11.4 Å². The van der Waals surface area contributed by atoms with Crippen LogP contribution in [0.15, 0.2) is 71.4 Å². The normalized spacial score (nSPS) is 15.3. The maximum atomic E-state index is 13.1. The summed E-state index contributed by atoms with van der Waals surface area (Å²) in [5.41, 5.74) is 1.71. The van der Waals surface area contributed by atoms with Gasteiger partial charge in [-0.15, -0.1) is 0 Å². The second-order valence-electron chi connectivity index (χ2n) is 6.07. The van der Waals surface area contributed by atoms with Crippen LogP contribution in [0.25, 0.3) is 6.08 Å². The van der Waals surface area contributed by atoms with E-state index in [4.69, 9.17) is 4.74 Å². The van der Waals surface area contributed by atoms with Gasteiger partial charge in [0.25, 0.3) is 11.6 Å². The minimum atomic E-state index is -0.608. The van der Waals surface area contributed by atoms with Crippen LogP contribution >= 0.6 is 0 Å². The fourth-order valence-electron chi connectivity index (χ4n) is 3.06. The Balaban J connectivity index is 2.13. The van der Waals surface area contributed by atoms with Crippen molar-refractivity contribution in [2.45, 2.75) is 13.8 Å². The third kappa shape index (κ3) is 3.55. The van der Waals surface area contributed by atoms with Crippen molar-refractivity contribution < 1.29 is 19.2 Å². The Kier molecular flexibility index (Phi) is 5.35. The Morgan fingerprint density at radius 1 is 1.18 bits per heavy atom. The van der Waals surface area contributed by atoms with E-state index in [2.05, 4.69) is 0 Å². The predicted molar refractivity (Wildman–Crippen MR) is 104 cm³/mol. The Hall–Kier alpha value is -3.74. The molecule has 7 nitrogen and oxygen atoms in total. The molecule has 0 fully saturated rings. The van der Waals surface area contributed by atoms with Gasteiger partial charge in [0, 0.05) is 23.5 Å². The minimum absolute atomic E-state index is 0.0990. The number of hydrogen-bond acceptors (Lipinski definition) is 5. The molecule has 0 bridgehead atoms. The van der Waals surface area contributed by atoms with Gasteiger partial charge in [0.15, 0.2) is 0 Å². The summed E-state index contributed by atoms with van der Waals surface area (Å²) in [6, 6.07) is 14.8. The van der Waals surface area contributed by atoms with Crippen molar-refractivity contribution in [3.8, 4) is 0 Å². The standard InChI is InChI=1S/C21H18N2O5/c1-3-28-21(25)19-14(2)22(16-9-5-4-6-10-16)20(24)18(19)13-15-8-7-11-17(12-15)23(26)27/h4-13H,3H2,1-2H3/b18-13-. The SMILES string of the molecule is CCOC(=O)C1=C(C)N(c2ccccc2)C(=O)/C1=C\c1cccc([N+](=O)[O-])c1. The molecule has 0 spiro atoms. The molecule has 0 aliphatic carbocycles. The first-order valence-corrected chi connectivity index (χ1v) is 8.68. The number of allylic oxidation sites excluding steroid dienone is 1. The first-order valence-electron chi connectivity index (χ1n) is 8.68. The quantitative estimate of drug-likeness (QED) is 0.341. The zero-order valence-electron chi connectivity index (χ0n) is 15.4. The van der Waals surface area contributed by atoms with Crippen molar-refractivity contribution in [2.75, 3.05) is 11.5 Å². The van der Waals surface area contributed by atoms with Crippen molar-refractivity contribution in [1.82, 2.24) is 0 Å². The van der Waals surface area contributed by atoms with Gasteiger partial charge in [-0.05, 0) is 37.6 Å². The van der Waals surface area contributed by atoms with Crippen LogP contribution in [0.1, 0.15) is 19.4 Å². The number of esters is 1. The molecule has 2 aromatic carbocycles. The number of benzene rings is 2. The number of rotatable bonds is 5. The number of ether oxygens (including phenoxy) is 1. The summed E-state index contributed by atoms with van der Waals surface area (Å²) in [4.78, 5) is 37.6. The molecular formula is C21H18N2O5. The molecule has 2 aromatic rings. The molecule has 0 radical (unpaired) electrons. The van der Waals surface area contributed by atoms with E-state index in [1.807, 2.05) is 6.07 Å². The van der Waals surface area contributed by atoms with Gasteiger partial charge in [0.2, 0.25) is 0 Å². The first kappa shape index (κ1) is 19.0. The van der Waals surface area contributed by atoms with Crippen LogP contribution in [0.3, 0.4) is 0 Å². The smallest absolute Gasteiger partial charge is 0.340 e. The lowest BCUT2D eigenvalue weighted by molar-refractivity contribution is -0.384. The van der Waals surface area contributed by atoms with E-state index in [9.17, 15) is 19.7 Å². The van der Waals surface area contributed by atoms with Crippen LogP contribution in [-0.4, -0.2) is 23.4 Å². The maximum absolute atomic E-state index is 13.1. The summed E-state index contributed by atoms with van der Waals surface area (Å²) in [7, 11) is 0. The first-order chi connectivity index (χ1) is 13.4. The number of carbonyl (C=O) groups is 2. The minimum Gasteiger partial charge on any atom is -0.462 e. The summed E-state index contributed by atoms with van der Waals surface area (Å²) in [5.74, 6) is -0.998. The average Bonchev–Trinajstić information content (AvgIpc) is 2.92. The number of hydrogen-bond donors (Lipinski definition) is 0. The number of carbonyl (C=O) groups excluding carboxylic acids is 2. The number of nitrogens with zero attached hydrogens (tertiary/aromatic N) is 2. The van der Waals surface area contributed by atoms with E-state index >= 15 is 0 Å². The Bertz CT molecular complexity index is 1010. The highest BCUT2D eigenvalue weighted by atomic mass is 16.6. The van der Waals surface area contributed by atoms with E-state index in [0.717, 1.165) is 0 Å². The van der Waals surface area contributed by atoms with Crippen LogP contribution in [0.5, 0.6) is 0 Å². The van der Waals surface area contributed by atoms with Crippen LogP contribution in [0.2, 0.25) is 0 Å². The highest BCUT2D eigenvalue weighted by molar-refractivity contribution is 6.23. The summed E-state index contributed by atoms with van der Waals surface area (Å²) < 4.78 is 5.13.